The zero-order valence-corrected chi connectivity index (χ0v) is 10.2. The Morgan fingerprint density at radius 3 is 2.62 bits per heavy atom. The van der Waals surface area contributed by atoms with Crippen LogP contribution in [0.4, 0.5) is 5.95 Å². The van der Waals surface area contributed by atoms with Crippen LogP contribution in [0.1, 0.15) is 6.92 Å². The molecule has 1 atom stereocenters. The van der Waals surface area contributed by atoms with Crippen molar-refractivity contribution in [1.29, 1.82) is 0 Å². The fraction of sp³-hybridized carbons (Fsp3) is 0.500. The summed E-state index contributed by atoms with van der Waals surface area (Å²) in [6, 6.07) is 0. The topological polar surface area (TPSA) is 55.3 Å². The standard InChI is InChI=1S/C10H14ClN3O2/c1-7(9(15)16-3)6-14(2)10-12-4-8(11)5-13-10/h4-5,7H,6H2,1-3H3. The number of nitrogens with zero attached hydrogens (tertiary/aromatic N) is 3. The average Bonchev–Trinajstić information content (AvgIpc) is 2.28. The second-order valence-corrected chi connectivity index (χ2v) is 3.94. The Hall–Kier alpha value is -1.36. The van der Waals surface area contributed by atoms with Crippen molar-refractivity contribution in [1.82, 2.24) is 9.97 Å². The average molecular weight is 244 g/mol. The van der Waals surface area contributed by atoms with Crippen molar-refractivity contribution in [3.05, 3.63) is 17.4 Å². The van der Waals surface area contributed by atoms with Crippen LogP contribution in [0.3, 0.4) is 0 Å². The van der Waals surface area contributed by atoms with Gasteiger partial charge in [-0.3, -0.25) is 4.79 Å². The van der Waals surface area contributed by atoms with Crippen molar-refractivity contribution in [2.24, 2.45) is 5.92 Å². The van der Waals surface area contributed by atoms with E-state index in [2.05, 4.69) is 14.7 Å². The van der Waals surface area contributed by atoms with Crippen molar-refractivity contribution in [3.63, 3.8) is 0 Å². The molecule has 0 aromatic carbocycles. The molecule has 0 amide bonds. The van der Waals surface area contributed by atoms with Crippen LogP contribution in [0.5, 0.6) is 0 Å². The summed E-state index contributed by atoms with van der Waals surface area (Å²) in [5.74, 6) is 0.0512. The number of carbonyl (C=O) groups is 1. The number of carbonyl (C=O) groups excluding carboxylic acids is 1. The molecule has 1 aromatic rings. The monoisotopic (exact) mass is 243 g/mol. The quantitative estimate of drug-likeness (QED) is 0.748. The van der Waals surface area contributed by atoms with Crippen LogP contribution >= 0.6 is 11.6 Å². The van der Waals surface area contributed by atoms with Crippen molar-refractivity contribution in [3.8, 4) is 0 Å². The summed E-state index contributed by atoms with van der Waals surface area (Å²) in [5.41, 5.74) is 0. The van der Waals surface area contributed by atoms with E-state index in [1.165, 1.54) is 19.5 Å². The number of anilines is 1. The minimum atomic E-state index is -0.249. The van der Waals surface area contributed by atoms with Crippen LogP contribution in [-0.2, 0) is 9.53 Å². The first-order valence-corrected chi connectivity index (χ1v) is 5.19. The number of hydrogen-bond acceptors (Lipinski definition) is 5. The molecule has 16 heavy (non-hydrogen) atoms. The molecule has 0 fully saturated rings. The Morgan fingerprint density at radius 2 is 2.12 bits per heavy atom. The van der Waals surface area contributed by atoms with Gasteiger partial charge in [0.15, 0.2) is 0 Å². The normalized spacial score (nSPS) is 12.0. The van der Waals surface area contributed by atoms with Crippen molar-refractivity contribution in [2.45, 2.75) is 6.92 Å². The minimum Gasteiger partial charge on any atom is -0.469 e. The van der Waals surface area contributed by atoms with Gasteiger partial charge >= 0.3 is 5.97 Å². The third kappa shape index (κ3) is 3.34. The van der Waals surface area contributed by atoms with E-state index < -0.39 is 0 Å². The molecular formula is C10H14ClN3O2. The maximum Gasteiger partial charge on any atom is 0.310 e. The Kier molecular flexibility index (Phi) is 4.49. The minimum absolute atomic E-state index is 0.228. The van der Waals surface area contributed by atoms with E-state index in [9.17, 15) is 4.79 Å². The molecule has 0 aliphatic carbocycles. The fourth-order valence-electron chi connectivity index (χ4n) is 1.27. The molecule has 0 saturated carbocycles. The molecule has 6 heteroatoms. The maximum atomic E-state index is 11.2. The molecule has 0 aliphatic rings. The molecule has 0 bridgehead atoms. The van der Waals surface area contributed by atoms with E-state index in [4.69, 9.17) is 11.6 Å². The maximum absolute atomic E-state index is 11.2. The molecule has 88 valence electrons. The van der Waals surface area contributed by atoms with E-state index in [1.54, 1.807) is 11.8 Å². The third-order valence-corrected chi connectivity index (χ3v) is 2.29. The van der Waals surface area contributed by atoms with E-state index in [0.717, 1.165) is 0 Å². The van der Waals surface area contributed by atoms with E-state index in [1.807, 2.05) is 7.05 Å². The summed E-state index contributed by atoms with van der Waals surface area (Å²) in [6.45, 7) is 2.28. The van der Waals surface area contributed by atoms with Gasteiger partial charge in [0.05, 0.1) is 30.4 Å². The highest BCUT2D eigenvalue weighted by molar-refractivity contribution is 6.30. The first kappa shape index (κ1) is 12.7. The predicted octanol–water partition coefficient (Wildman–Crippen LogP) is 1.38. The van der Waals surface area contributed by atoms with Gasteiger partial charge in [-0.25, -0.2) is 9.97 Å². The van der Waals surface area contributed by atoms with Gasteiger partial charge in [-0.05, 0) is 0 Å². The lowest BCUT2D eigenvalue weighted by Crippen LogP contribution is -2.30. The summed E-state index contributed by atoms with van der Waals surface area (Å²) in [6.07, 6.45) is 3.03. The first-order chi connectivity index (χ1) is 7.54. The van der Waals surface area contributed by atoms with Crippen LogP contribution in [0.2, 0.25) is 5.02 Å². The molecule has 1 rings (SSSR count). The van der Waals surface area contributed by atoms with Gasteiger partial charge in [0.1, 0.15) is 0 Å². The highest BCUT2D eigenvalue weighted by Gasteiger charge is 2.16. The number of methoxy groups -OCH3 is 1. The second-order valence-electron chi connectivity index (χ2n) is 3.51. The van der Waals surface area contributed by atoms with Crippen molar-refractivity contribution >= 4 is 23.5 Å². The molecule has 0 spiro atoms. The summed E-state index contributed by atoms with van der Waals surface area (Å²) < 4.78 is 4.64. The SMILES string of the molecule is COC(=O)C(C)CN(C)c1ncc(Cl)cn1. The molecule has 1 heterocycles. The van der Waals surface area contributed by atoms with Gasteiger partial charge in [-0.2, -0.15) is 0 Å². The van der Waals surface area contributed by atoms with Crippen molar-refractivity contribution in [2.75, 3.05) is 25.6 Å². The van der Waals surface area contributed by atoms with Crippen LogP contribution in [0, 0.1) is 5.92 Å². The predicted molar refractivity (Wildman–Crippen MR) is 61.5 cm³/mol. The Morgan fingerprint density at radius 1 is 1.56 bits per heavy atom. The van der Waals surface area contributed by atoms with E-state index in [0.29, 0.717) is 17.5 Å². The number of rotatable bonds is 4. The Labute approximate surface area is 99.4 Å². The van der Waals surface area contributed by atoms with Gasteiger partial charge in [-0.15, -0.1) is 0 Å². The molecule has 0 aliphatic heterocycles. The zero-order valence-electron chi connectivity index (χ0n) is 9.48. The van der Waals surface area contributed by atoms with E-state index >= 15 is 0 Å². The number of hydrogen-bond donors (Lipinski definition) is 0. The molecule has 5 nitrogen and oxygen atoms in total. The van der Waals surface area contributed by atoms with Gasteiger partial charge in [0.2, 0.25) is 5.95 Å². The first-order valence-electron chi connectivity index (χ1n) is 4.81. The lowest BCUT2D eigenvalue weighted by atomic mass is 10.2. The molecule has 1 aromatic heterocycles. The van der Waals surface area contributed by atoms with Crippen LogP contribution in [-0.4, -0.2) is 36.6 Å². The third-order valence-electron chi connectivity index (χ3n) is 2.10. The highest BCUT2D eigenvalue weighted by atomic mass is 35.5. The second kappa shape index (κ2) is 5.65. The summed E-state index contributed by atoms with van der Waals surface area (Å²) in [5, 5.41) is 0.484. The lowest BCUT2D eigenvalue weighted by molar-refractivity contribution is -0.144. The smallest absolute Gasteiger partial charge is 0.310 e. The van der Waals surface area contributed by atoms with Gasteiger partial charge in [0.25, 0.3) is 0 Å². The molecule has 1 unspecified atom stereocenters. The van der Waals surface area contributed by atoms with Gasteiger partial charge in [-0.1, -0.05) is 18.5 Å². The number of ether oxygens (including phenoxy) is 1. The molecular weight excluding hydrogens is 230 g/mol. The molecule has 0 radical (unpaired) electrons. The van der Waals surface area contributed by atoms with E-state index in [-0.39, 0.29) is 11.9 Å². The molecule has 0 saturated heterocycles. The van der Waals surface area contributed by atoms with Gasteiger partial charge in [0, 0.05) is 13.6 Å². The lowest BCUT2D eigenvalue weighted by Gasteiger charge is -2.19. The van der Waals surface area contributed by atoms with Crippen LogP contribution in [0.25, 0.3) is 0 Å². The van der Waals surface area contributed by atoms with Crippen molar-refractivity contribution < 1.29 is 9.53 Å². The summed E-state index contributed by atoms with van der Waals surface area (Å²) in [7, 11) is 3.18. The van der Waals surface area contributed by atoms with Crippen LogP contribution < -0.4 is 4.90 Å². The zero-order chi connectivity index (χ0) is 12.1. The van der Waals surface area contributed by atoms with Crippen LogP contribution in [0.15, 0.2) is 12.4 Å². The largest absolute Gasteiger partial charge is 0.469 e. The van der Waals surface area contributed by atoms with Gasteiger partial charge < -0.3 is 9.64 Å². The number of halogens is 1. The summed E-state index contributed by atoms with van der Waals surface area (Å²) in [4.78, 5) is 21.1. The number of aromatic nitrogens is 2. The molecule has 0 N–H and O–H groups in total. The Balaban J connectivity index is 2.61. The Bertz CT molecular complexity index is 356. The highest BCUT2D eigenvalue weighted by Crippen LogP contribution is 2.10. The fourth-order valence-corrected chi connectivity index (χ4v) is 1.37. The summed E-state index contributed by atoms with van der Waals surface area (Å²) >= 11 is 5.68. The number of esters is 1.